The molecule has 0 aliphatic heterocycles. The number of aromatic nitrogens is 2. The van der Waals surface area contributed by atoms with Crippen LogP contribution in [0.5, 0.6) is 0 Å². The molecular weight excluding hydrogens is 248 g/mol. The van der Waals surface area contributed by atoms with Gasteiger partial charge in [0.1, 0.15) is 11.6 Å². The summed E-state index contributed by atoms with van der Waals surface area (Å²) in [7, 11) is 0. The quantitative estimate of drug-likeness (QED) is 0.656. The minimum Gasteiger partial charge on any atom is -0.308 e. The van der Waals surface area contributed by atoms with Crippen LogP contribution in [0, 0.1) is 11.8 Å². The van der Waals surface area contributed by atoms with Gasteiger partial charge >= 0.3 is 0 Å². The minimum atomic E-state index is 0.531. The summed E-state index contributed by atoms with van der Waals surface area (Å²) in [5, 5.41) is 0. The predicted molar refractivity (Wildman–Crippen MR) is 81.4 cm³/mol. The molecule has 0 amide bonds. The second-order valence-electron chi connectivity index (χ2n) is 6.71. The van der Waals surface area contributed by atoms with E-state index in [1.165, 1.54) is 43.4 Å². The lowest BCUT2D eigenvalue weighted by atomic mass is 9.76. The van der Waals surface area contributed by atoms with Crippen molar-refractivity contribution in [2.45, 2.75) is 64.7 Å². The molecule has 20 heavy (non-hydrogen) atoms. The van der Waals surface area contributed by atoms with Gasteiger partial charge in [-0.15, -0.1) is 0 Å². The smallest absolute Gasteiger partial charge is 0.147 e. The summed E-state index contributed by atoms with van der Waals surface area (Å²) in [6.45, 7) is 4.68. The molecule has 4 heteroatoms. The van der Waals surface area contributed by atoms with Gasteiger partial charge in [0.15, 0.2) is 0 Å². The van der Waals surface area contributed by atoms with E-state index in [4.69, 9.17) is 15.8 Å². The van der Waals surface area contributed by atoms with Crippen molar-refractivity contribution in [1.29, 1.82) is 0 Å². The van der Waals surface area contributed by atoms with Crippen LogP contribution in [0.2, 0.25) is 0 Å². The van der Waals surface area contributed by atoms with Crippen LogP contribution in [0.3, 0.4) is 0 Å². The van der Waals surface area contributed by atoms with Crippen LogP contribution >= 0.6 is 0 Å². The zero-order chi connectivity index (χ0) is 14.1. The van der Waals surface area contributed by atoms with Crippen molar-refractivity contribution in [2.24, 2.45) is 17.7 Å². The van der Waals surface area contributed by atoms with E-state index in [9.17, 15) is 0 Å². The largest absolute Gasteiger partial charge is 0.308 e. The van der Waals surface area contributed by atoms with E-state index >= 15 is 0 Å². The molecule has 2 aliphatic carbocycles. The number of nitrogens with one attached hydrogen (secondary N) is 1. The van der Waals surface area contributed by atoms with Gasteiger partial charge in [0.05, 0.1) is 0 Å². The number of aryl methyl sites for hydroxylation is 1. The summed E-state index contributed by atoms with van der Waals surface area (Å²) in [6, 6.07) is 0. The van der Waals surface area contributed by atoms with Crippen LogP contribution in [0.4, 0.5) is 5.82 Å². The Kier molecular flexibility index (Phi) is 3.92. The Labute approximate surface area is 121 Å². The maximum Gasteiger partial charge on any atom is 0.147 e. The first-order valence-electron chi connectivity index (χ1n) is 8.05. The fourth-order valence-electron chi connectivity index (χ4n) is 3.80. The van der Waals surface area contributed by atoms with Crippen molar-refractivity contribution in [2.75, 3.05) is 5.43 Å². The van der Waals surface area contributed by atoms with Crippen molar-refractivity contribution in [3.63, 3.8) is 0 Å². The first-order chi connectivity index (χ1) is 9.69. The number of nitrogen functional groups attached to an aromatic ring is 1. The average Bonchev–Trinajstić information content (AvgIpc) is 2.94. The monoisotopic (exact) mass is 274 g/mol. The van der Waals surface area contributed by atoms with E-state index in [1.54, 1.807) is 0 Å². The number of anilines is 1. The van der Waals surface area contributed by atoms with Gasteiger partial charge in [-0.05, 0) is 56.8 Å². The van der Waals surface area contributed by atoms with E-state index in [1.807, 2.05) is 0 Å². The maximum atomic E-state index is 5.64. The first kappa shape index (κ1) is 13.8. The molecule has 1 fully saturated rings. The highest BCUT2D eigenvalue weighted by Gasteiger charge is 2.28. The molecule has 2 aliphatic rings. The molecule has 0 unspecified atom stereocenters. The molecule has 0 spiro atoms. The molecule has 0 atom stereocenters. The van der Waals surface area contributed by atoms with Crippen LogP contribution in [-0.2, 0) is 12.8 Å². The Bertz CT molecular complexity index is 476. The van der Waals surface area contributed by atoms with Crippen LogP contribution in [0.15, 0.2) is 0 Å². The van der Waals surface area contributed by atoms with Crippen molar-refractivity contribution < 1.29 is 0 Å². The van der Waals surface area contributed by atoms with Gasteiger partial charge in [0, 0.05) is 17.2 Å². The van der Waals surface area contributed by atoms with Crippen LogP contribution in [0.1, 0.15) is 69.0 Å². The highest BCUT2D eigenvalue weighted by Crippen LogP contribution is 2.38. The highest BCUT2D eigenvalue weighted by molar-refractivity contribution is 5.48. The van der Waals surface area contributed by atoms with Crippen LogP contribution in [-0.4, -0.2) is 9.97 Å². The summed E-state index contributed by atoms with van der Waals surface area (Å²) < 4.78 is 0. The Hall–Kier alpha value is -1.16. The lowest BCUT2D eigenvalue weighted by Gasteiger charge is -2.30. The molecule has 3 N–H and O–H groups in total. The van der Waals surface area contributed by atoms with E-state index in [0.29, 0.717) is 5.92 Å². The molecule has 0 saturated heterocycles. The number of hydrogen-bond donors (Lipinski definition) is 2. The van der Waals surface area contributed by atoms with E-state index in [2.05, 4.69) is 19.3 Å². The topological polar surface area (TPSA) is 63.8 Å². The van der Waals surface area contributed by atoms with E-state index in [0.717, 1.165) is 36.3 Å². The Morgan fingerprint density at radius 3 is 2.50 bits per heavy atom. The van der Waals surface area contributed by atoms with Gasteiger partial charge in [-0.2, -0.15) is 0 Å². The maximum absolute atomic E-state index is 5.64. The fourth-order valence-corrected chi connectivity index (χ4v) is 3.80. The minimum absolute atomic E-state index is 0.531. The third kappa shape index (κ3) is 2.53. The molecule has 1 heterocycles. The van der Waals surface area contributed by atoms with Gasteiger partial charge in [0.2, 0.25) is 0 Å². The van der Waals surface area contributed by atoms with Gasteiger partial charge in [-0.25, -0.2) is 15.8 Å². The highest BCUT2D eigenvalue weighted by atomic mass is 15.3. The summed E-state index contributed by atoms with van der Waals surface area (Å²) in [4.78, 5) is 9.56. The zero-order valence-electron chi connectivity index (χ0n) is 12.7. The zero-order valence-corrected chi connectivity index (χ0v) is 12.7. The predicted octanol–water partition coefficient (Wildman–Crippen LogP) is 3.18. The molecule has 1 saturated carbocycles. The summed E-state index contributed by atoms with van der Waals surface area (Å²) >= 11 is 0. The Balaban J connectivity index is 1.78. The number of nitrogens with zero attached hydrogens (tertiary/aromatic N) is 2. The molecule has 3 rings (SSSR count). The third-order valence-corrected chi connectivity index (χ3v) is 5.17. The van der Waals surface area contributed by atoms with Gasteiger partial charge in [-0.3, -0.25) is 0 Å². The average molecular weight is 274 g/mol. The number of rotatable bonds is 3. The van der Waals surface area contributed by atoms with Gasteiger partial charge < -0.3 is 5.43 Å². The van der Waals surface area contributed by atoms with Crippen molar-refractivity contribution in [1.82, 2.24) is 9.97 Å². The second-order valence-corrected chi connectivity index (χ2v) is 6.71. The molecule has 1 aromatic heterocycles. The lowest BCUT2D eigenvalue weighted by Crippen LogP contribution is -2.20. The number of fused-ring (bicyclic) bond motifs is 1. The standard InChI is InChI=1S/C16H26N4/c1-10(2)11-6-8-12(9-7-11)15-18-14-5-3-4-13(14)16(19-15)20-17/h10-12H,3-9,17H2,1-2H3,(H,18,19,20). The normalized spacial score (nSPS) is 25.8. The molecule has 0 bridgehead atoms. The molecule has 0 aromatic carbocycles. The van der Waals surface area contributed by atoms with Gasteiger partial charge in [0.25, 0.3) is 0 Å². The molecule has 0 radical (unpaired) electrons. The van der Waals surface area contributed by atoms with Gasteiger partial charge in [-0.1, -0.05) is 13.8 Å². The molecule has 4 nitrogen and oxygen atoms in total. The lowest BCUT2D eigenvalue weighted by molar-refractivity contribution is 0.254. The van der Waals surface area contributed by atoms with Crippen LogP contribution in [0.25, 0.3) is 0 Å². The molecule has 110 valence electrons. The second kappa shape index (κ2) is 5.68. The van der Waals surface area contributed by atoms with E-state index < -0.39 is 0 Å². The van der Waals surface area contributed by atoms with E-state index in [-0.39, 0.29) is 0 Å². The van der Waals surface area contributed by atoms with Crippen molar-refractivity contribution in [3.8, 4) is 0 Å². The molecule has 1 aromatic rings. The first-order valence-corrected chi connectivity index (χ1v) is 8.05. The number of hydrogen-bond acceptors (Lipinski definition) is 4. The molecular formula is C16H26N4. The SMILES string of the molecule is CC(C)C1CCC(c2nc3c(c(NN)n2)CCC3)CC1. The van der Waals surface area contributed by atoms with Crippen molar-refractivity contribution >= 4 is 5.82 Å². The summed E-state index contributed by atoms with van der Waals surface area (Å²) in [6.07, 6.45) is 8.41. The summed E-state index contributed by atoms with van der Waals surface area (Å²) in [5.41, 5.74) is 5.26. The number of hydrazine groups is 1. The van der Waals surface area contributed by atoms with Crippen LogP contribution < -0.4 is 11.3 Å². The van der Waals surface area contributed by atoms with Crippen molar-refractivity contribution in [3.05, 3.63) is 17.1 Å². The third-order valence-electron chi connectivity index (χ3n) is 5.17. The number of nitrogens with two attached hydrogens (primary N) is 1. The Morgan fingerprint density at radius 2 is 1.85 bits per heavy atom. The summed E-state index contributed by atoms with van der Waals surface area (Å²) in [5.74, 6) is 9.76. The Morgan fingerprint density at radius 1 is 1.10 bits per heavy atom. The fraction of sp³-hybridized carbons (Fsp3) is 0.750.